The van der Waals surface area contributed by atoms with Crippen molar-refractivity contribution in [2.45, 2.75) is 52.0 Å². The largest absolute Gasteiger partial charge is 0.492 e. The zero-order chi connectivity index (χ0) is 15.2. The summed E-state index contributed by atoms with van der Waals surface area (Å²) in [7, 11) is 0. The summed E-state index contributed by atoms with van der Waals surface area (Å²) in [6.45, 7) is 5.28. The maximum absolute atomic E-state index is 12.7. The average molecular weight is 290 g/mol. The Hall–Kier alpha value is -1.71. The van der Waals surface area contributed by atoms with Crippen LogP contribution in [-0.2, 0) is 0 Å². The highest BCUT2D eigenvalue weighted by molar-refractivity contribution is 5.95. The number of benzene rings is 1. The Morgan fingerprint density at radius 3 is 2.57 bits per heavy atom. The van der Waals surface area contributed by atoms with E-state index in [4.69, 9.17) is 10.5 Å². The van der Waals surface area contributed by atoms with Crippen LogP contribution in [-0.4, -0.2) is 30.0 Å². The molecule has 0 aromatic heterocycles. The van der Waals surface area contributed by atoms with Gasteiger partial charge in [-0.1, -0.05) is 19.3 Å². The van der Waals surface area contributed by atoms with E-state index >= 15 is 0 Å². The Labute approximate surface area is 127 Å². The van der Waals surface area contributed by atoms with E-state index in [1.54, 1.807) is 12.1 Å². The molecule has 116 valence electrons. The molecule has 0 spiro atoms. The van der Waals surface area contributed by atoms with Crippen LogP contribution >= 0.6 is 0 Å². The average Bonchev–Trinajstić information content (AvgIpc) is 2.51. The third-order valence-electron chi connectivity index (χ3n) is 4.17. The van der Waals surface area contributed by atoms with Crippen molar-refractivity contribution in [3.63, 3.8) is 0 Å². The lowest BCUT2D eigenvalue weighted by Crippen LogP contribution is -2.41. The monoisotopic (exact) mass is 290 g/mol. The third-order valence-corrected chi connectivity index (χ3v) is 4.17. The van der Waals surface area contributed by atoms with E-state index in [1.807, 2.05) is 24.8 Å². The second-order valence-electron chi connectivity index (χ2n) is 5.57. The molecular weight excluding hydrogens is 264 g/mol. The van der Waals surface area contributed by atoms with Gasteiger partial charge in [-0.15, -0.1) is 0 Å². The van der Waals surface area contributed by atoms with Gasteiger partial charge in [0, 0.05) is 18.2 Å². The molecule has 1 aliphatic carbocycles. The van der Waals surface area contributed by atoms with Gasteiger partial charge in [0.2, 0.25) is 0 Å². The Balaban J connectivity index is 2.15. The van der Waals surface area contributed by atoms with Crippen molar-refractivity contribution in [3.8, 4) is 5.75 Å². The van der Waals surface area contributed by atoms with Crippen molar-refractivity contribution in [3.05, 3.63) is 23.8 Å². The minimum absolute atomic E-state index is 0.0825. The number of anilines is 1. The molecule has 0 radical (unpaired) electrons. The summed E-state index contributed by atoms with van der Waals surface area (Å²) in [6.07, 6.45) is 5.97. The van der Waals surface area contributed by atoms with Gasteiger partial charge in [0.1, 0.15) is 5.75 Å². The van der Waals surface area contributed by atoms with Crippen molar-refractivity contribution in [1.82, 2.24) is 4.90 Å². The van der Waals surface area contributed by atoms with Gasteiger partial charge in [-0.2, -0.15) is 0 Å². The van der Waals surface area contributed by atoms with E-state index < -0.39 is 0 Å². The summed E-state index contributed by atoms with van der Waals surface area (Å²) in [6, 6.07) is 5.72. The first-order chi connectivity index (χ1) is 10.2. The number of hydrogen-bond donors (Lipinski definition) is 1. The molecular formula is C17H26N2O2. The molecule has 0 unspecified atom stereocenters. The van der Waals surface area contributed by atoms with Gasteiger partial charge < -0.3 is 15.4 Å². The summed E-state index contributed by atoms with van der Waals surface area (Å²) < 4.78 is 5.42. The van der Waals surface area contributed by atoms with Gasteiger partial charge in [-0.05, 0) is 44.9 Å². The summed E-state index contributed by atoms with van der Waals surface area (Å²) in [4.78, 5) is 14.7. The molecule has 1 saturated carbocycles. The van der Waals surface area contributed by atoms with E-state index in [2.05, 4.69) is 0 Å². The van der Waals surface area contributed by atoms with Gasteiger partial charge in [0.15, 0.2) is 0 Å². The normalized spacial score (nSPS) is 15.7. The van der Waals surface area contributed by atoms with Crippen molar-refractivity contribution in [2.75, 3.05) is 18.9 Å². The minimum atomic E-state index is 0.0825. The Bertz CT molecular complexity index is 482. The molecule has 4 heteroatoms. The van der Waals surface area contributed by atoms with Gasteiger partial charge in [-0.25, -0.2) is 0 Å². The number of rotatable bonds is 5. The smallest absolute Gasteiger partial charge is 0.254 e. The number of amides is 1. The molecule has 0 bridgehead atoms. The number of hydrogen-bond acceptors (Lipinski definition) is 3. The van der Waals surface area contributed by atoms with Crippen LogP contribution in [0.15, 0.2) is 18.2 Å². The topological polar surface area (TPSA) is 55.6 Å². The second kappa shape index (κ2) is 7.34. The molecule has 1 aromatic carbocycles. The highest BCUT2D eigenvalue weighted by Crippen LogP contribution is 2.26. The molecule has 0 heterocycles. The third kappa shape index (κ3) is 3.69. The molecule has 0 aliphatic heterocycles. The molecule has 0 atom stereocenters. The Morgan fingerprint density at radius 1 is 1.29 bits per heavy atom. The van der Waals surface area contributed by atoms with Crippen molar-refractivity contribution in [2.24, 2.45) is 0 Å². The van der Waals surface area contributed by atoms with Crippen LogP contribution in [0.3, 0.4) is 0 Å². The van der Waals surface area contributed by atoms with Gasteiger partial charge in [-0.3, -0.25) is 4.79 Å². The van der Waals surface area contributed by atoms with Crippen LogP contribution < -0.4 is 10.5 Å². The highest BCUT2D eigenvalue weighted by Gasteiger charge is 2.25. The fraction of sp³-hybridized carbons (Fsp3) is 0.588. The summed E-state index contributed by atoms with van der Waals surface area (Å²) >= 11 is 0. The predicted octanol–water partition coefficient (Wildman–Crippen LogP) is 3.46. The molecule has 1 fully saturated rings. The molecule has 0 saturated heterocycles. The summed E-state index contributed by atoms with van der Waals surface area (Å²) in [5, 5.41) is 0. The van der Waals surface area contributed by atoms with Gasteiger partial charge in [0.05, 0.1) is 12.3 Å². The van der Waals surface area contributed by atoms with E-state index in [9.17, 15) is 4.79 Å². The number of ether oxygens (including phenoxy) is 1. The van der Waals surface area contributed by atoms with Crippen LogP contribution in [0.5, 0.6) is 5.75 Å². The van der Waals surface area contributed by atoms with Crippen LogP contribution in [0.1, 0.15) is 56.3 Å². The highest BCUT2D eigenvalue weighted by atomic mass is 16.5. The van der Waals surface area contributed by atoms with Crippen molar-refractivity contribution < 1.29 is 9.53 Å². The number of carbonyl (C=O) groups excluding carboxylic acids is 1. The first-order valence-electron chi connectivity index (χ1n) is 8.00. The van der Waals surface area contributed by atoms with E-state index in [0.717, 1.165) is 19.4 Å². The zero-order valence-electron chi connectivity index (χ0n) is 13.1. The van der Waals surface area contributed by atoms with Crippen molar-refractivity contribution >= 4 is 11.6 Å². The van der Waals surface area contributed by atoms with Gasteiger partial charge >= 0.3 is 0 Å². The lowest BCUT2D eigenvalue weighted by molar-refractivity contribution is 0.0648. The maximum Gasteiger partial charge on any atom is 0.254 e. The van der Waals surface area contributed by atoms with Crippen LogP contribution in [0.25, 0.3) is 0 Å². The van der Waals surface area contributed by atoms with E-state index in [0.29, 0.717) is 29.6 Å². The van der Waals surface area contributed by atoms with E-state index in [1.165, 1.54) is 19.3 Å². The minimum Gasteiger partial charge on any atom is -0.492 e. The summed E-state index contributed by atoms with van der Waals surface area (Å²) in [5.74, 6) is 0.730. The lowest BCUT2D eigenvalue weighted by atomic mass is 9.93. The number of nitrogens with two attached hydrogens (primary N) is 1. The predicted molar refractivity (Wildman–Crippen MR) is 85.6 cm³/mol. The SMILES string of the molecule is CCOc1ccc(C(=O)N(CC)C2CCCCC2)cc1N. The Kier molecular flexibility index (Phi) is 5.48. The zero-order valence-corrected chi connectivity index (χ0v) is 13.1. The Morgan fingerprint density at radius 2 is 2.00 bits per heavy atom. The molecule has 1 aliphatic rings. The quantitative estimate of drug-likeness (QED) is 0.845. The van der Waals surface area contributed by atoms with Gasteiger partial charge in [0.25, 0.3) is 5.91 Å². The summed E-state index contributed by atoms with van der Waals surface area (Å²) in [5.41, 5.74) is 7.16. The molecule has 1 aromatic rings. The second-order valence-corrected chi connectivity index (χ2v) is 5.57. The number of nitrogen functional groups attached to an aromatic ring is 1. The standard InChI is InChI=1S/C17H26N2O2/c1-3-19(14-8-6-5-7-9-14)17(20)13-10-11-16(21-4-2)15(18)12-13/h10-12,14H,3-9,18H2,1-2H3. The van der Waals surface area contributed by atoms with Crippen LogP contribution in [0.4, 0.5) is 5.69 Å². The molecule has 4 nitrogen and oxygen atoms in total. The number of nitrogens with zero attached hydrogens (tertiary/aromatic N) is 1. The maximum atomic E-state index is 12.7. The van der Waals surface area contributed by atoms with Crippen LogP contribution in [0, 0.1) is 0 Å². The first-order valence-corrected chi connectivity index (χ1v) is 8.00. The van der Waals surface area contributed by atoms with E-state index in [-0.39, 0.29) is 5.91 Å². The molecule has 2 rings (SSSR count). The molecule has 21 heavy (non-hydrogen) atoms. The van der Waals surface area contributed by atoms with Crippen molar-refractivity contribution in [1.29, 1.82) is 0 Å². The number of carbonyl (C=O) groups is 1. The fourth-order valence-electron chi connectivity index (χ4n) is 3.09. The van der Waals surface area contributed by atoms with Crippen LogP contribution in [0.2, 0.25) is 0 Å². The fourth-order valence-corrected chi connectivity index (χ4v) is 3.09. The molecule has 1 amide bonds. The lowest BCUT2D eigenvalue weighted by Gasteiger charge is -2.33. The first kappa shape index (κ1) is 15.7. The molecule has 2 N–H and O–H groups in total.